The first kappa shape index (κ1) is 18.2. The van der Waals surface area contributed by atoms with E-state index in [2.05, 4.69) is 4.90 Å². The molecule has 1 spiro atoms. The first-order valence-corrected chi connectivity index (χ1v) is 9.56. The van der Waals surface area contributed by atoms with Crippen LogP contribution >= 0.6 is 0 Å². The van der Waals surface area contributed by atoms with Gasteiger partial charge in [-0.05, 0) is 25.1 Å². The van der Waals surface area contributed by atoms with Crippen LogP contribution in [0.1, 0.15) is 19.3 Å². The van der Waals surface area contributed by atoms with Crippen molar-refractivity contribution in [2.75, 3.05) is 32.8 Å². The normalized spacial score (nSPS) is 19.6. The fraction of sp³-hybridized carbons (Fsp3) is 0.500. The molecule has 0 amide bonds. The maximum absolute atomic E-state index is 12.4. The van der Waals surface area contributed by atoms with E-state index in [0.29, 0.717) is 25.4 Å². The summed E-state index contributed by atoms with van der Waals surface area (Å²) < 4.78 is 14.5. The summed E-state index contributed by atoms with van der Waals surface area (Å²) in [5.74, 6) is -0.360. The van der Waals surface area contributed by atoms with Crippen LogP contribution < -0.4 is 11.1 Å². The van der Waals surface area contributed by atoms with Gasteiger partial charge in [0.05, 0.1) is 18.9 Å². The van der Waals surface area contributed by atoms with Gasteiger partial charge in [-0.1, -0.05) is 18.2 Å². The minimum atomic E-state index is -0.360. The summed E-state index contributed by atoms with van der Waals surface area (Å²) in [5.41, 5.74) is 0.343. The van der Waals surface area contributed by atoms with Gasteiger partial charge in [0.1, 0.15) is 0 Å². The van der Waals surface area contributed by atoms with E-state index in [1.807, 2.05) is 30.3 Å². The van der Waals surface area contributed by atoms with Crippen LogP contribution in [0.5, 0.6) is 0 Å². The molecule has 0 atom stereocenters. The van der Waals surface area contributed by atoms with Crippen LogP contribution in [-0.4, -0.2) is 52.9 Å². The number of ether oxygens (including phenoxy) is 2. The van der Waals surface area contributed by atoms with Crippen molar-refractivity contribution in [1.29, 1.82) is 0 Å². The van der Waals surface area contributed by atoms with Gasteiger partial charge in [-0.15, -0.1) is 0 Å². The second-order valence-electron chi connectivity index (χ2n) is 7.08. The Morgan fingerprint density at radius 1 is 0.852 bits per heavy atom. The molecule has 0 bridgehead atoms. The number of hydrogen-bond acceptors (Lipinski definition) is 5. The zero-order valence-electron chi connectivity index (χ0n) is 15.4. The van der Waals surface area contributed by atoms with Gasteiger partial charge in [0.15, 0.2) is 5.79 Å². The van der Waals surface area contributed by atoms with E-state index in [0.717, 1.165) is 38.9 Å². The van der Waals surface area contributed by atoms with Gasteiger partial charge in [-0.2, -0.15) is 0 Å². The molecular weight excluding hydrogens is 346 g/mol. The molecule has 0 saturated carbocycles. The number of benzene rings is 1. The van der Waals surface area contributed by atoms with Crippen molar-refractivity contribution in [2.45, 2.75) is 31.6 Å². The molecule has 0 aliphatic carbocycles. The number of para-hydroxylation sites is 1. The summed E-state index contributed by atoms with van der Waals surface area (Å²) in [5, 5.41) is 0. The second kappa shape index (κ2) is 7.80. The molecule has 2 fully saturated rings. The highest BCUT2D eigenvalue weighted by atomic mass is 16.7. The van der Waals surface area contributed by atoms with Crippen LogP contribution in [0.15, 0.2) is 52.1 Å². The molecule has 2 aliphatic rings. The first-order chi connectivity index (χ1) is 13.2. The van der Waals surface area contributed by atoms with Crippen molar-refractivity contribution in [3.8, 4) is 5.69 Å². The predicted octanol–water partition coefficient (Wildman–Crippen LogP) is 1.23. The predicted molar refractivity (Wildman–Crippen MR) is 101 cm³/mol. The summed E-state index contributed by atoms with van der Waals surface area (Å²) in [6.07, 6.45) is 2.56. The minimum Gasteiger partial charge on any atom is -0.347 e. The lowest BCUT2D eigenvalue weighted by Gasteiger charge is -2.37. The third-order valence-corrected chi connectivity index (χ3v) is 5.35. The molecule has 3 heterocycles. The van der Waals surface area contributed by atoms with E-state index in [-0.39, 0.29) is 16.9 Å². The van der Waals surface area contributed by atoms with Gasteiger partial charge in [0.25, 0.3) is 11.1 Å². The van der Waals surface area contributed by atoms with Crippen LogP contribution in [0.3, 0.4) is 0 Å². The molecule has 7 nitrogen and oxygen atoms in total. The van der Waals surface area contributed by atoms with E-state index in [4.69, 9.17) is 9.47 Å². The summed E-state index contributed by atoms with van der Waals surface area (Å²) in [4.78, 5) is 27.1. The maximum atomic E-state index is 12.4. The van der Waals surface area contributed by atoms with Gasteiger partial charge in [0, 0.05) is 44.6 Å². The number of piperidine rings is 1. The molecule has 1 aromatic carbocycles. The van der Waals surface area contributed by atoms with E-state index in [1.54, 1.807) is 0 Å². The van der Waals surface area contributed by atoms with E-state index >= 15 is 0 Å². The molecule has 7 heteroatoms. The third-order valence-electron chi connectivity index (χ3n) is 5.35. The van der Waals surface area contributed by atoms with Crippen molar-refractivity contribution in [3.63, 3.8) is 0 Å². The summed E-state index contributed by atoms with van der Waals surface area (Å²) in [6.45, 7) is 4.60. The highest BCUT2D eigenvalue weighted by Gasteiger charge is 2.39. The number of hydrogen-bond donors (Lipinski definition) is 0. The van der Waals surface area contributed by atoms with Crippen molar-refractivity contribution in [2.24, 2.45) is 0 Å². The molecule has 27 heavy (non-hydrogen) atoms. The molecule has 2 saturated heterocycles. The van der Waals surface area contributed by atoms with Crippen molar-refractivity contribution in [3.05, 3.63) is 63.2 Å². The Hall–Kier alpha value is -2.22. The molecule has 0 radical (unpaired) electrons. The zero-order chi connectivity index (χ0) is 18.7. The lowest BCUT2D eigenvalue weighted by molar-refractivity contribution is -0.185. The zero-order valence-corrected chi connectivity index (χ0v) is 15.4. The average Bonchev–Trinajstić information content (AvgIpc) is 3.15. The monoisotopic (exact) mass is 371 g/mol. The van der Waals surface area contributed by atoms with Crippen LogP contribution in [0.4, 0.5) is 0 Å². The Labute approximate surface area is 157 Å². The van der Waals surface area contributed by atoms with Crippen molar-refractivity contribution >= 4 is 0 Å². The van der Waals surface area contributed by atoms with Gasteiger partial charge in [-0.3, -0.25) is 9.59 Å². The number of likely N-dealkylation sites (tertiary alicyclic amines) is 1. The van der Waals surface area contributed by atoms with Gasteiger partial charge in [0.2, 0.25) is 0 Å². The van der Waals surface area contributed by atoms with Crippen LogP contribution in [0.25, 0.3) is 5.69 Å². The van der Waals surface area contributed by atoms with Gasteiger partial charge in [-0.25, -0.2) is 9.36 Å². The SMILES string of the molecule is O=c1ccc(=O)n(-c2ccccc2)n1CCCN1CCC2(CC1)OCCO2. The Morgan fingerprint density at radius 3 is 2.22 bits per heavy atom. The van der Waals surface area contributed by atoms with Gasteiger partial charge >= 0.3 is 0 Å². The fourth-order valence-electron chi connectivity index (χ4n) is 3.91. The van der Waals surface area contributed by atoms with Gasteiger partial charge < -0.3 is 14.4 Å². The minimum absolute atomic E-state index is 0.163. The molecule has 0 N–H and O–H groups in total. The van der Waals surface area contributed by atoms with Crippen LogP contribution in [0, 0.1) is 0 Å². The lowest BCUT2D eigenvalue weighted by atomic mass is 10.0. The summed E-state index contributed by atoms with van der Waals surface area (Å²) in [7, 11) is 0. The molecule has 144 valence electrons. The average molecular weight is 371 g/mol. The quantitative estimate of drug-likeness (QED) is 0.791. The highest BCUT2D eigenvalue weighted by Crippen LogP contribution is 2.31. The molecule has 0 unspecified atom stereocenters. The Bertz CT molecular complexity index is 874. The number of rotatable bonds is 5. The Kier molecular flexibility index (Phi) is 5.24. The third kappa shape index (κ3) is 3.90. The molecule has 2 aliphatic heterocycles. The molecule has 4 rings (SSSR count). The van der Waals surface area contributed by atoms with Crippen molar-refractivity contribution in [1.82, 2.24) is 14.3 Å². The standard InChI is InChI=1S/C20H25N3O4/c24-18-7-8-19(25)23(17-5-2-1-3-6-17)22(18)12-4-11-21-13-9-20(10-14-21)26-15-16-27-20/h1-3,5-8H,4,9-16H2. The number of aromatic nitrogens is 2. The molecule has 1 aromatic heterocycles. The van der Waals surface area contributed by atoms with Crippen LogP contribution in [-0.2, 0) is 16.0 Å². The Balaban J connectivity index is 1.41. The largest absolute Gasteiger partial charge is 0.347 e. The summed E-state index contributed by atoms with van der Waals surface area (Å²) in [6, 6.07) is 12.0. The maximum Gasteiger partial charge on any atom is 0.270 e. The van der Waals surface area contributed by atoms with E-state index < -0.39 is 0 Å². The number of nitrogens with zero attached hydrogens (tertiary/aromatic N) is 3. The fourth-order valence-corrected chi connectivity index (χ4v) is 3.91. The van der Waals surface area contributed by atoms with Crippen LogP contribution in [0.2, 0.25) is 0 Å². The molecular formula is C20H25N3O4. The second-order valence-corrected chi connectivity index (χ2v) is 7.08. The van der Waals surface area contributed by atoms with Crippen molar-refractivity contribution < 1.29 is 9.47 Å². The van der Waals surface area contributed by atoms with E-state index in [1.165, 1.54) is 21.5 Å². The summed E-state index contributed by atoms with van der Waals surface area (Å²) >= 11 is 0. The highest BCUT2D eigenvalue weighted by molar-refractivity contribution is 5.29. The van der Waals surface area contributed by atoms with E-state index in [9.17, 15) is 9.59 Å². The lowest BCUT2D eigenvalue weighted by Crippen LogP contribution is -2.45. The smallest absolute Gasteiger partial charge is 0.270 e. The molecule has 2 aromatic rings. The first-order valence-electron chi connectivity index (χ1n) is 9.56. The Morgan fingerprint density at radius 2 is 1.52 bits per heavy atom. The topological polar surface area (TPSA) is 65.7 Å².